The Morgan fingerprint density at radius 3 is 2.52 bits per heavy atom. The Hall–Kier alpha value is -3.09. The molecule has 1 saturated carbocycles. The van der Waals surface area contributed by atoms with Gasteiger partial charge in [0.15, 0.2) is 0 Å². The number of hydrogen-bond donors (Lipinski definition) is 1. The molecule has 2 heterocycles. The summed E-state index contributed by atoms with van der Waals surface area (Å²) < 4.78 is 6.88. The van der Waals surface area contributed by atoms with E-state index in [1.54, 1.807) is 37.4 Å². The summed E-state index contributed by atoms with van der Waals surface area (Å²) >= 11 is 0. The number of carbonyl (C=O) groups excluding carboxylic acids is 2. The van der Waals surface area contributed by atoms with Gasteiger partial charge in [-0.1, -0.05) is 18.2 Å². The molecule has 1 aromatic heterocycles. The number of pyridine rings is 1. The van der Waals surface area contributed by atoms with Crippen LogP contribution in [-0.2, 0) is 17.3 Å². The van der Waals surface area contributed by atoms with Crippen molar-refractivity contribution in [3.63, 3.8) is 0 Å². The largest absolute Gasteiger partial charge is 0.496 e. The molecular weight excluding hydrogens is 394 g/mol. The van der Waals surface area contributed by atoms with Gasteiger partial charge in [0.25, 0.3) is 11.5 Å². The van der Waals surface area contributed by atoms with E-state index in [9.17, 15) is 14.4 Å². The number of rotatable bonds is 6. The van der Waals surface area contributed by atoms with E-state index in [0.717, 1.165) is 37.0 Å². The van der Waals surface area contributed by atoms with Crippen LogP contribution in [0, 0.1) is 5.92 Å². The lowest BCUT2D eigenvalue weighted by molar-refractivity contribution is -0.123. The zero-order chi connectivity index (χ0) is 22.0. The first-order valence-corrected chi connectivity index (χ1v) is 10.8. The number of benzene rings is 1. The Balaban J connectivity index is 1.32. The number of hydrogen-bond acceptors (Lipinski definition) is 4. The molecular formula is C24H29N3O4. The number of para-hydroxylation sites is 1. The molecule has 31 heavy (non-hydrogen) atoms. The van der Waals surface area contributed by atoms with E-state index in [1.807, 2.05) is 24.3 Å². The van der Waals surface area contributed by atoms with Crippen LogP contribution in [0.25, 0.3) is 0 Å². The number of ether oxygens (including phenoxy) is 1. The number of nitrogens with zero attached hydrogens (tertiary/aromatic N) is 2. The minimum atomic E-state index is -0.476. The summed E-state index contributed by atoms with van der Waals surface area (Å²) in [5, 5.41) is 3.15. The lowest BCUT2D eigenvalue weighted by Gasteiger charge is -2.32. The lowest BCUT2D eigenvalue weighted by Crippen LogP contribution is -2.44. The molecule has 2 aromatic rings. The minimum absolute atomic E-state index is 0.0586. The van der Waals surface area contributed by atoms with Gasteiger partial charge in [0.2, 0.25) is 5.91 Å². The molecule has 7 heteroatoms. The van der Waals surface area contributed by atoms with Gasteiger partial charge in [-0.15, -0.1) is 0 Å². The van der Waals surface area contributed by atoms with E-state index in [1.165, 1.54) is 4.57 Å². The molecule has 1 aliphatic carbocycles. The SMILES string of the molecule is COc1ccccc1C1(C(=O)NCC2CCN(C(=O)c3cccn(C)c3=O)CC2)CC1. The standard InChI is InChI=1S/C24H29N3O4/c1-26-13-5-6-18(21(26)28)22(29)27-14-9-17(10-15-27)16-25-23(30)24(11-12-24)19-7-3-4-8-20(19)31-2/h3-8,13,17H,9-12,14-16H2,1-2H3,(H,25,30). The van der Waals surface area contributed by atoms with Gasteiger partial charge in [-0.2, -0.15) is 0 Å². The van der Waals surface area contributed by atoms with Gasteiger partial charge in [-0.3, -0.25) is 14.4 Å². The zero-order valence-corrected chi connectivity index (χ0v) is 18.1. The van der Waals surface area contributed by atoms with Crippen LogP contribution in [0.4, 0.5) is 0 Å². The van der Waals surface area contributed by atoms with Crippen LogP contribution >= 0.6 is 0 Å². The number of aromatic nitrogens is 1. The molecule has 2 fully saturated rings. The highest BCUT2D eigenvalue weighted by Crippen LogP contribution is 2.51. The lowest BCUT2D eigenvalue weighted by atomic mass is 9.92. The molecule has 164 valence electrons. The van der Waals surface area contributed by atoms with Gasteiger partial charge in [0.05, 0.1) is 12.5 Å². The molecule has 1 saturated heterocycles. The fourth-order valence-corrected chi connectivity index (χ4v) is 4.46. The fraction of sp³-hybridized carbons (Fsp3) is 0.458. The van der Waals surface area contributed by atoms with E-state index >= 15 is 0 Å². The predicted molar refractivity (Wildman–Crippen MR) is 117 cm³/mol. The van der Waals surface area contributed by atoms with Crippen LogP contribution in [0.2, 0.25) is 0 Å². The second kappa shape index (κ2) is 8.57. The van der Waals surface area contributed by atoms with Crippen LogP contribution < -0.4 is 15.6 Å². The van der Waals surface area contributed by atoms with E-state index in [2.05, 4.69) is 5.32 Å². The normalized spacial score (nSPS) is 17.8. The highest BCUT2D eigenvalue weighted by molar-refractivity contribution is 5.94. The molecule has 1 N–H and O–H groups in total. The molecule has 1 aromatic carbocycles. The Kier molecular flexibility index (Phi) is 5.85. The van der Waals surface area contributed by atoms with Crippen molar-refractivity contribution in [2.24, 2.45) is 13.0 Å². The smallest absolute Gasteiger partial charge is 0.263 e. The van der Waals surface area contributed by atoms with Gasteiger partial charge < -0.3 is 19.5 Å². The van der Waals surface area contributed by atoms with E-state index in [-0.39, 0.29) is 22.9 Å². The maximum atomic E-state index is 13.0. The summed E-state index contributed by atoms with van der Waals surface area (Å²) in [5.74, 6) is 0.925. The van der Waals surface area contributed by atoms with Gasteiger partial charge in [0, 0.05) is 38.4 Å². The Labute approximate surface area is 182 Å². The summed E-state index contributed by atoms with van der Waals surface area (Å²) in [6.07, 6.45) is 4.92. The van der Waals surface area contributed by atoms with E-state index in [0.29, 0.717) is 25.6 Å². The fourth-order valence-electron chi connectivity index (χ4n) is 4.46. The van der Waals surface area contributed by atoms with Crippen molar-refractivity contribution < 1.29 is 14.3 Å². The highest BCUT2D eigenvalue weighted by Gasteiger charge is 2.52. The Morgan fingerprint density at radius 1 is 1.13 bits per heavy atom. The number of methoxy groups -OCH3 is 1. The van der Waals surface area contributed by atoms with Crippen LogP contribution in [-0.4, -0.2) is 48.0 Å². The third-order valence-corrected chi connectivity index (χ3v) is 6.61. The zero-order valence-electron chi connectivity index (χ0n) is 18.1. The second-order valence-corrected chi connectivity index (χ2v) is 8.57. The first-order chi connectivity index (χ1) is 15.0. The summed E-state index contributed by atoms with van der Waals surface area (Å²) in [6, 6.07) is 11.0. The third-order valence-electron chi connectivity index (χ3n) is 6.61. The molecule has 2 aliphatic rings. The number of likely N-dealkylation sites (tertiary alicyclic amines) is 1. The molecule has 0 bridgehead atoms. The monoisotopic (exact) mass is 423 g/mol. The third kappa shape index (κ3) is 4.09. The number of amides is 2. The average molecular weight is 424 g/mol. The van der Waals surface area contributed by atoms with Crippen molar-refractivity contribution in [3.8, 4) is 5.75 Å². The average Bonchev–Trinajstić information content (AvgIpc) is 3.61. The maximum Gasteiger partial charge on any atom is 0.263 e. The van der Waals surface area contributed by atoms with Crippen molar-refractivity contribution in [2.75, 3.05) is 26.7 Å². The van der Waals surface area contributed by atoms with Crippen LogP contribution in [0.3, 0.4) is 0 Å². The van der Waals surface area contributed by atoms with E-state index in [4.69, 9.17) is 4.74 Å². The summed E-state index contributed by atoms with van der Waals surface area (Å²) in [7, 11) is 3.28. The first-order valence-electron chi connectivity index (χ1n) is 10.8. The van der Waals surface area contributed by atoms with Crippen molar-refractivity contribution in [1.82, 2.24) is 14.8 Å². The number of piperidine rings is 1. The summed E-state index contributed by atoms with van der Waals surface area (Å²) in [4.78, 5) is 39.7. The minimum Gasteiger partial charge on any atom is -0.496 e. The second-order valence-electron chi connectivity index (χ2n) is 8.57. The van der Waals surface area contributed by atoms with Gasteiger partial charge in [-0.05, 0) is 49.8 Å². The van der Waals surface area contributed by atoms with Crippen LogP contribution in [0.5, 0.6) is 5.75 Å². The van der Waals surface area contributed by atoms with Gasteiger partial charge >= 0.3 is 0 Å². The van der Waals surface area contributed by atoms with Crippen molar-refractivity contribution in [1.29, 1.82) is 0 Å². The molecule has 0 spiro atoms. The topological polar surface area (TPSA) is 80.6 Å². The van der Waals surface area contributed by atoms with Crippen molar-refractivity contribution in [2.45, 2.75) is 31.1 Å². The molecule has 0 radical (unpaired) electrons. The van der Waals surface area contributed by atoms with Crippen LogP contribution in [0.15, 0.2) is 47.4 Å². The molecule has 1 aliphatic heterocycles. The van der Waals surface area contributed by atoms with Crippen molar-refractivity contribution in [3.05, 3.63) is 64.1 Å². The molecule has 4 rings (SSSR count). The summed E-state index contributed by atoms with van der Waals surface area (Å²) in [6.45, 7) is 1.79. The van der Waals surface area contributed by atoms with Gasteiger partial charge in [-0.25, -0.2) is 0 Å². The molecule has 0 unspecified atom stereocenters. The summed E-state index contributed by atoms with van der Waals surface area (Å²) in [5.41, 5.74) is 0.424. The van der Waals surface area contributed by atoms with E-state index < -0.39 is 5.41 Å². The highest BCUT2D eigenvalue weighted by atomic mass is 16.5. The Morgan fingerprint density at radius 2 is 1.84 bits per heavy atom. The molecule has 2 amide bonds. The number of aryl methyl sites for hydroxylation is 1. The van der Waals surface area contributed by atoms with Crippen molar-refractivity contribution >= 4 is 11.8 Å². The van der Waals surface area contributed by atoms with Crippen LogP contribution in [0.1, 0.15) is 41.6 Å². The maximum absolute atomic E-state index is 13.0. The quantitative estimate of drug-likeness (QED) is 0.772. The van der Waals surface area contributed by atoms with Gasteiger partial charge in [0.1, 0.15) is 11.3 Å². The molecule has 7 nitrogen and oxygen atoms in total. The number of nitrogens with one attached hydrogen (secondary N) is 1. The first kappa shape index (κ1) is 21.2. The molecule has 0 atom stereocenters. The predicted octanol–water partition coefficient (Wildman–Crippen LogP) is 2.09. The Bertz CT molecular complexity index is 1030. The number of carbonyl (C=O) groups is 2.